The smallest absolute Gasteiger partial charge is 0.222 e. The van der Waals surface area contributed by atoms with E-state index in [1.807, 2.05) is 42.7 Å². The first-order valence-corrected chi connectivity index (χ1v) is 7.59. The summed E-state index contributed by atoms with van der Waals surface area (Å²) in [4.78, 5) is 8.75. The van der Waals surface area contributed by atoms with Gasteiger partial charge in [0.2, 0.25) is 5.95 Å². The Morgan fingerprint density at radius 3 is 2.22 bits per heavy atom. The minimum atomic E-state index is 0.651. The summed E-state index contributed by atoms with van der Waals surface area (Å²) < 4.78 is 5.16. The molecule has 0 fully saturated rings. The third kappa shape index (κ3) is 4.07. The van der Waals surface area contributed by atoms with Gasteiger partial charge in [0.05, 0.1) is 7.11 Å². The van der Waals surface area contributed by atoms with Crippen molar-refractivity contribution in [1.82, 2.24) is 9.97 Å². The van der Waals surface area contributed by atoms with Gasteiger partial charge in [0, 0.05) is 24.5 Å². The van der Waals surface area contributed by atoms with Gasteiger partial charge in [0.1, 0.15) is 5.75 Å². The maximum atomic E-state index is 5.16. The molecule has 0 aliphatic heterocycles. The van der Waals surface area contributed by atoms with Gasteiger partial charge in [0.25, 0.3) is 0 Å². The number of nitrogens with zero attached hydrogens (tertiary/aromatic N) is 2. The molecule has 1 heterocycles. The number of hydrogen-bond donors (Lipinski definition) is 1. The zero-order chi connectivity index (χ0) is 15.9. The van der Waals surface area contributed by atoms with Crippen LogP contribution in [0.25, 0.3) is 11.1 Å². The predicted molar refractivity (Wildman–Crippen MR) is 92.7 cm³/mol. The van der Waals surface area contributed by atoms with E-state index >= 15 is 0 Å². The normalized spacial score (nSPS) is 10.3. The molecule has 0 unspecified atom stereocenters. The summed E-state index contributed by atoms with van der Waals surface area (Å²) in [7, 11) is 1.66. The van der Waals surface area contributed by atoms with Gasteiger partial charge in [-0.1, -0.05) is 42.5 Å². The van der Waals surface area contributed by atoms with E-state index in [2.05, 4.69) is 39.6 Å². The van der Waals surface area contributed by atoms with Crippen molar-refractivity contribution in [3.8, 4) is 16.9 Å². The van der Waals surface area contributed by atoms with Gasteiger partial charge in [-0.25, -0.2) is 9.97 Å². The Bertz CT molecular complexity index is 725. The zero-order valence-corrected chi connectivity index (χ0v) is 13.1. The van der Waals surface area contributed by atoms with Gasteiger partial charge in [0.15, 0.2) is 0 Å². The number of anilines is 1. The fourth-order valence-electron chi connectivity index (χ4n) is 2.32. The molecule has 0 saturated carbocycles. The molecule has 0 saturated heterocycles. The first-order chi connectivity index (χ1) is 11.3. The van der Waals surface area contributed by atoms with Crippen LogP contribution in [0.2, 0.25) is 0 Å². The lowest BCUT2D eigenvalue weighted by atomic mass is 10.1. The van der Waals surface area contributed by atoms with Gasteiger partial charge in [-0.15, -0.1) is 0 Å². The van der Waals surface area contributed by atoms with E-state index < -0.39 is 0 Å². The molecule has 4 heteroatoms. The standard InChI is InChI=1S/C19H19N3O/c1-23-18-9-7-16(8-10-18)17-13-21-19(22-14-17)20-12-11-15-5-3-2-4-6-15/h2-10,13-14H,11-12H2,1H3,(H,20,21,22). The van der Waals surface area contributed by atoms with Crippen LogP contribution in [-0.2, 0) is 6.42 Å². The lowest BCUT2D eigenvalue weighted by Crippen LogP contribution is -2.07. The maximum absolute atomic E-state index is 5.16. The van der Waals surface area contributed by atoms with Crippen LogP contribution in [0.5, 0.6) is 5.75 Å². The second-order valence-corrected chi connectivity index (χ2v) is 5.19. The van der Waals surface area contributed by atoms with Gasteiger partial charge in [-0.05, 0) is 29.7 Å². The van der Waals surface area contributed by atoms with Crippen LogP contribution in [0.4, 0.5) is 5.95 Å². The van der Waals surface area contributed by atoms with Crippen LogP contribution in [0.15, 0.2) is 67.0 Å². The van der Waals surface area contributed by atoms with Crippen LogP contribution in [0.1, 0.15) is 5.56 Å². The Morgan fingerprint density at radius 2 is 1.57 bits per heavy atom. The molecular formula is C19H19N3O. The molecule has 0 aliphatic rings. The SMILES string of the molecule is COc1ccc(-c2cnc(NCCc3ccccc3)nc2)cc1. The van der Waals surface area contributed by atoms with E-state index in [0.29, 0.717) is 5.95 Å². The number of rotatable bonds is 6. The predicted octanol–water partition coefficient (Wildman–Crippen LogP) is 3.81. The highest BCUT2D eigenvalue weighted by molar-refractivity contribution is 5.62. The fraction of sp³-hybridized carbons (Fsp3) is 0.158. The molecule has 3 aromatic rings. The minimum Gasteiger partial charge on any atom is -0.497 e. The van der Waals surface area contributed by atoms with E-state index in [4.69, 9.17) is 4.74 Å². The van der Waals surface area contributed by atoms with Crippen molar-refractivity contribution in [3.05, 3.63) is 72.6 Å². The molecule has 1 N–H and O–H groups in total. The van der Waals surface area contributed by atoms with Crippen molar-refractivity contribution >= 4 is 5.95 Å². The van der Waals surface area contributed by atoms with Crippen molar-refractivity contribution in [3.63, 3.8) is 0 Å². The van der Waals surface area contributed by atoms with Crippen molar-refractivity contribution in [2.45, 2.75) is 6.42 Å². The quantitative estimate of drug-likeness (QED) is 0.752. The van der Waals surface area contributed by atoms with E-state index in [9.17, 15) is 0 Å². The molecule has 0 bridgehead atoms. The first-order valence-electron chi connectivity index (χ1n) is 7.59. The van der Waals surface area contributed by atoms with Gasteiger partial charge >= 0.3 is 0 Å². The summed E-state index contributed by atoms with van der Waals surface area (Å²) in [6, 6.07) is 18.2. The molecule has 3 rings (SSSR count). The number of benzene rings is 2. The van der Waals surface area contributed by atoms with Crippen LogP contribution in [0.3, 0.4) is 0 Å². The minimum absolute atomic E-state index is 0.651. The molecule has 0 atom stereocenters. The summed E-state index contributed by atoms with van der Waals surface area (Å²) in [5.74, 6) is 1.49. The van der Waals surface area contributed by atoms with E-state index in [1.165, 1.54) is 5.56 Å². The summed E-state index contributed by atoms with van der Waals surface area (Å²) in [5.41, 5.74) is 3.36. The van der Waals surface area contributed by atoms with Crippen LogP contribution >= 0.6 is 0 Å². The molecule has 0 radical (unpaired) electrons. The van der Waals surface area contributed by atoms with Crippen LogP contribution in [0, 0.1) is 0 Å². The van der Waals surface area contributed by atoms with Crippen LogP contribution in [-0.4, -0.2) is 23.6 Å². The summed E-state index contributed by atoms with van der Waals surface area (Å²) in [6.07, 6.45) is 4.61. The number of aromatic nitrogens is 2. The Kier molecular flexibility index (Phi) is 4.84. The molecule has 4 nitrogen and oxygen atoms in total. The van der Waals surface area contributed by atoms with Crippen molar-refractivity contribution in [1.29, 1.82) is 0 Å². The van der Waals surface area contributed by atoms with Crippen molar-refractivity contribution < 1.29 is 4.74 Å². The Hall–Kier alpha value is -2.88. The largest absolute Gasteiger partial charge is 0.497 e. The lowest BCUT2D eigenvalue weighted by Gasteiger charge is -2.06. The average Bonchev–Trinajstić information content (AvgIpc) is 2.63. The Labute approximate surface area is 136 Å². The van der Waals surface area contributed by atoms with Gasteiger partial charge < -0.3 is 10.1 Å². The second-order valence-electron chi connectivity index (χ2n) is 5.19. The summed E-state index contributed by atoms with van der Waals surface area (Å²) in [6.45, 7) is 0.811. The Morgan fingerprint density at radius 1 is 0.870 bits per heavy atom. The third-order valence-corrected chi connectivity index (χ3v) is 3.61. The van der Waals surface area contributed by atoms with E-state index in [1.54, 1.807) is 7.11 Å². The number of methoxy groups -OCH3 is 1. The molecule has 2 aromatic carbocycles. The second kappa shape index (κ2) is 7.40. The van der Waals surface area contributed by atoms with Crippen molar-refractivity contribution in [2.24, 2.45) is 0 Å². The third-order valence-electron chi connectivity index (χ3n) is 3.61. The van der Waals surface area contributed by atoms with Crippen molar-refractivity contribution in [2.75, 3.05) is 19.0 Å². The fourth-order valence-corrected chi connectivity index (χ4v) is 2.32. The van der Waals surface area contributed by atoms with Gasteiger partial charge in [-0.3, -0.25) is 0 Å². The lowest BCUT2D eigenvalue weighted by molar-refractivity contribution is 0.415. The number of nitrogens with one attached hydrogen (secondary N) is 1. The van der Waals surface area contributed by atoms with E-state index in [-0.39, 0.29) is 0 Å². The molecule has 0 amide bonds. The average molecular weight is 305 g/mol. The van der Waals surface area contributed by atoms with Gasteiger partial charge in [-0.2, -0.15) is 0 Å². The van der Waals surface area contributed by atoms with E-state index in [0.717, 1.165) is 29.8 Å². The first kappa shape index (κ1) is 15.0. The molecule has 23 heavy (non-hydrogen) atoms. The molecular weight excluding hydrogens is 286 g/mol. The zero-order valence-electron chi connectivity index (χ0n) is 13.1. The highest BCUT2D eigenvalue weighted by Crippen LogP contribution is 2.21. The number of ether oxygens (including phenoxy) is 1. The number of hydrogen-bond acceptors (Lipinski definition) is 4. The summed E-state index contributed by atoms with van der Waals surface area (Å²) in [5, 5.41) is 3.25. The summed E-state index contributed by atoms with van der Waals surface area (Å²) >= 11 is 0. The Balaban J connectivity index is 1.58. The molecule has 1 aromatic heterocycles. The molecule has 116 valence electrons. The van der Waals surface area contributed by atoms with Crippen LogP contribution < -0.4 is 10.1 Å². The topological polar surface area (TPSA) is 47.0 Å². The monoisotopic (exact) mass is 305 g/mol. The maximum Gasteiger partial charge on any atom is 0.222 e. The molecule has 0 spiro atoms. The molecule has 0 aliphatic carbocycles. The highest BCUT2D eigenvalue weighted by Gasteiger charge is 2.01. The highest BCUT2D eigenvalue weighted by atomic mass is 16.5.